The van der Waals surface area contributed by atoms with Gasteiger partial charge in [-0.1, -0.05) is 35.4 Å². The third-order valence-corrected chi connectivity index (χ3v) is 1.65. The molecule has 66 valence electrons. The summed E-state index contributed by atoms with van der Waals surface area (Å²) in [6, 6.07) is 10.5. The van der Waals surface area contributed by atoms with Crippen molar-refractivity contribution < 1.29 is 4.42 Å². The topological polar surface area (TPSA) is 51.0 Å². The molecule has 0 atom stereocenters. The van der Waals surface area contributed by atoms with Crippen LogP contribution in [0.5, 0.6) is 0 Å². The number of rotatable bonds is 3. The van der Waals surface area contributed by atoms with Gasteiger partial charge in [0, 0.05) is 6.54 Å². The molecule has 4 heteroatoms. The predicted octanol–water partition coefficient (Wildman–Crippen LogP) is 1.68. The first kappa shape index (κ1) is 7.79. The van der Waals surface area contributed by atoms with Crippen molar-refractivity contribution in [2.45, 2.75) is 6.54 Å². The molecule has 2 rings (SSSR count). The Morgan fingerprint density at radius 2 is 2.08 bits per heavy atom. The van der Waals surface area contributed by atoms with Crippen LogP contribution in [0.1, 0.15) is 5.56 Å². The van der Waals surface area contributed by atoms with Gasteiger partial charge in [-0.3, -0.25) is 0 Å². The van der Waals surface area contributed by atoms with Crippen LogP contribution in [-0.4, -0.2) is 10.2 Å². The second-order valence-corrected chi connectivity index (χ2v) is 2.58. The molecule has 0 saturated carbocycles. The zero-order valence-corrected chi connectivity index (χ0v) is 6.97. The van der Waals surface area contributed by atoms with Gasteiger partial charge in [0.05, 0.1) is 0 Å². The van der Waals surface area contributed by atoms with Crippen molar-refractivity contribution >= 4 is 6.01 Å². The molecule has 0 bridgehead atoms. The first-order chi connectivity index (χ1) is 6.45. The maximum atomic E-state index is 4.92. The van der Waals surface area contributed by atoms with E-state index in [2.05, 4.69) is 15.5 Å². The number of anilines is 1. The minimum Gasteiger partial charge on any atom is -0.411 e. The zero-order valence-electron chi connectivity index (χ0n) is 6.97. The fourth-order valence-corrected chi connectivity index (χ4v) is 1.02. The monoisotopic (exact) mass is 175 g/mol. The molecule has 4 nitrogen and oxygen atoms in total. The van der Waals surface area contributed by atoms with Gasteiger partial charge in [-0.25, -0.2) is 0 Å². The van der Waals surface area contributed by atoms with E-state index in [1.807, 2.05) is 30.3 Å². The lowest BCUT2D eigenvalue weighted by Crippen LogP contribution is -1.98. The van der Waals surface area contributed by atoms with Crippen molar-refractivity contribution in [3.05, 3.63) is 42.3 Å². The summed E-state index contributed by atoms with van der Waals surface area (Å²) in [5.41, 5.74) is 1.18. The van der Waals surface area contributed by atoms with Crippen LogP contribution < -0.4 is 5.32 Å². The fraction of sp³-hybridized carbons (Fsp3) is 0.111. The molecule has 0 fully saturated rings. The van der Waals surface area contributed by atoms with Gasteiger partial charge in [0.25, 0.3) is 0 Å². The fourth-order valence-electron chi connectivity index (χ4n) is 1.02. The van der Waals surface area contributed by atoms with E-state index >= 15 is 0 Å². The van der Waals surface area contributed by atoms with Crippen LogP contribution in [0.25, 0.3) is 0 Å². The van der Waals surface area contributed by atoms with Crippen LogP contribution in [0, 0.1) is 0 Å². The quantitative estimate of drug-likeness (QED) is 0.771. The molecular weight excluding hydrogens is 166 g/mol. The number of benzene rings is 1. The molecule has 0 radical (unpaired) electrons. The van der Waals surface area contributed by atoms with E-state index < -0.39 is 0 Å². The van der Waals surface area contributed by atoms with Crippen LogP contribution in [0.2, 0.25) is 0 Å². The molecule has 1 aromatic carbocycles. The van der Waals surface area contributed by atoms with Crippen molar-refractivity contribution in [1.82, 2.24) is 10.2 Å². The molecule has 0 aliphatic heterocycles. The molecule has 0 spiro atoms. The van der Waals surface area contributed by atoms with Gasteiger partial charge in [-0.15, -0.1) is 5.10 Å². The smallest absolute Gasteiger partial charge is 0.315 e. The van der Waals surface area contributed by atoms with E-state index in [0.717, 1.165) is 0 Å². The average Bonchev–Trinajstić information content (AvgIpc) is 2.69. The molecule has 1 N–H and O–H groups in total. The maximum absolute atomic E-state index is 4.92. The Bertz CT molecular complexity index is 344. The van der Waals surface area contributed by atoms with Crippen LogP contribution in [0.3, 0.4) is 0 Å². The summed E-state index contributed by atoms with van der Waals surface area (Å²) >= 11 is 0. The molecule has 0 saturated heterocycles. The first-order valence-electron chi connectivity index (χ1n) is 3.99. The minimum atomic E-state index is 0.448. The van der Waals surface area contributed by atoms with Gasteiger partial charge in [-0.2, -0.15) is 0 Å². The van der Waals surface area contributed by atoms with Crippen molar-refractivity contribution in [3.63, 3.8) is 0 Å². The Morgan fingerprint density at radius 1 is 1.23 bits per heavy atom. The summed E-state index contributed by atoms with van der Waals surface area (Å²) in [5.74, 6) is 0. The van der Waals surface area contributed by atoms with Gasteiger partial charge in [0.2, 0.25) is 6.39 Å². The third kappa shape index (κ3) is 2.05. The SMILES string of the molecule is c1ccc(CNc2nnco2)cc1. The second-order valence-electron chi connectivity index (χ2n) is 2.58. The normalized spacial score (nSPS) is 9.85. The second kappa shape index (κ2) is 3.71. The van der Waals surface area contributed by atoms with E-state index in [-0.39, 0.29) is 0 Å². The Hall–Kier alpha value is -1.84. The van der Waals surface area contributed by atoms with Crippen LogP contribution in [0.4, 0.5) is 6.01 Å². The number of hydrogen-bond donors (Lipinski definition) is 1. The summed E-state index contributed by atoms with van der Waals surface area (Å²) in [6.45, 7) is 0.697. The van der Waals surface area contributed by atoms with Crippen molar-refractivity contribution in [3.8, 4) is 0 Å². The Labute approximate surface area is 75.6 Å². The van der Waals surface area contributed by atoms with Crippen LogP contribution in [0.15, 0.2) is 41.1 Å². The van der Waals surface area contributed by atoms with E-state index in [0.29, 0.717) is 12.6 Å². The minimum absolute atomic E-state index is 0.448. The maximum Gasteiger partial charge on any atom is 0.315 e. The summed E-state index contributed by atoms with van der Waals surface area (Å²) in [6.07, 6.45) is 1.30. The van der Waals surface area contributed by atoms with Gasteiger partial charge < -0.3 is 9.73 Å². The highest BCUT2D eigenvalue weighted by Crippen LogP contribution is 2.03. The van der Waals surface area contributed by atoms with Crippen LogP contribution >= 0.6 is 0 Å². The van der Waals surface area contributed by atoms with Gasteiger partial charge in [-0.05, 0) is 5.56 Å². The van der Waals surface area contributed by atoms with E-state index in [1.165, 1.54) is 12.0 Å². The van der Waals surface area contributed by atoms with Gasteiger partial charge in [0.1, 0.15) is 0 Å². The molecule has 1 aromatic heterocycles. The lowest BCUT2D eigenvalue weighted by Gasteiger charge is -1.99. The van der Waals surface area contributed by atoms with Crippen LogP contribution in [-0.2, 0) is 6.54 Å². The summed E-state index contributed by atoms with van der Waals surface area (Å²) in [4.78, 5) is 0. The largest absolute Gasteiger partial charge is 0.411 e. The van der Waals surface area contributed by atoms with Crippen molar-refractivity contribution in [2.75, 3.05) is 5.32 Å². The molecule has 0 amide bonds. The summed E-state index contributed by atoms with van der Waals surface area (Å²) in [7, 11) is 0. The standard InChI is InChI=1S/C9H9N3O/c1-2-4-8(5-3-1)6-10-9-12-11-7-13-9/h1-5,7H,6H2,(H,10,12). The lowest BCUT2D eigenvalue weighted by atomic mass is 10.2. The first-order valence-corrected chi connectivity index (χ1v) is 3.99. The van der Waals surface area contributed by atoms with E-state index in [9.17, 15) is 0 Å². The molecule has 0 aliphatic carbocycles. The summed E-state index contributed by atoms with van der Waals surface area (Å²) < 4.78 is 4.92. The molecular formula is C9H9N3O. The van der Waals surface area contributed by atoms with Gasteiger partial charge in [0.15, 0.2) is 0 Å². The zero-order chi connectivity index (χ0) is 8.93. The highest BCUT2D eigenvalue weighted by molar-refractivity contribution is 5.22. The molecule has 0 unspecified atom stereocenters. The number of hydrogen-bond acceptors (Lipinski definition) is 4. The molecule has 1 heterocycles. The Kier molecular flexibility index (Phi) is 2.22. The lowest BCUT2D eigenvalue weighted by molar-refractivity contribution is 0.565. The molecule has 13 heavy (non-hydrogen) atoms. The highest BCUT2D eigenvalue weighted by Gasteiger charge is 1.96. The number of nitrogens with zero attached hydrogens (tertiary/aromatic N) is 2. The number of nitrogens with one attached hydrogen (secondary N) is 1. The van der Waals surface area contributed by atoms with Crippen molar-refractivity contribution in [2.24, 2.45) is 0 Å². The predicted molar refractivity (Wildman–Crippen MR) is 48.1 cm³/mol. The summed E-state index contributed by atoms with van der Waals surface area (Å²) in [5, 5.41) is 10.3. The molecule has 2 aromatic rings. The van der Waals surface area contributed by atoms with E-state index in [1.54, 1.807) is 0 Å². The van der Waals surface area contributed by atoms with E-state index in [4.69, 9.17) is 4.42 Å². The Morgan fingerprint density at radius 3 is 2.77 bits per heavy atom. The van der Waals surface area contributed by atoms with Crippen molar-refractivity contribution in [1.29, 1.82) is 0 Å². The average molecular weight is 175 g/mol. The Balaban J connectivity index is 1.94. The highest BCUT2D eigenvalue weighted by atomic mass is 16.4. The number of aromatic nitrogens is 2. The third-order valence-electron chi connectivity index (χ3n) is 1.65. The molecule has 0 aliphatic rings. The van der Waals surface area contributed by atoms with Gasteiger partial charge >= 0.3 is 6.01 Å².